The van der Waals surface area contributed by atoms with Crippen molar-refractivity contribution in [2.75, 3.05) is 19.8 Å². The van der Waals surface area contributed by atoms with E-state index in [0.717, 1.165) is 0 Å². The molecule has 0 saturated heterocycles. The maximum Gasteiger partial charge on any atom is 0.292 e. The number of halogens is 3. The number of nitrogens with zero attached hydrogens (tertiary/aromatic N) is 1. The lowest BCUT2D eigenvalue weighted by Gasteiger charge is -2.41. The summed E-state index contributed by atoms with van der Waals surface area (Å²) in [5.74, 6) is -2.95. The number of alkyl halides is 2. The molecule has 1 aliphatic rings. The number of nitrogens with two attached hydrogens (primary N) is 1. The molecule has 0 amide bonds. The second-order valence-electron chi connectivity index (χ2n) is 4.57. The van der Waals surface area contributed by atoms with Crippen molar-refractivity contribution in [3.8, 4) is 11.8 Å². The quantitative estimate of drug-likeness (QED) is 0.850. The molecule has 108 valence electrons. The highest BCUT2D eigenvalue weighted by Gasteiger charge is 2.54. The number of hydrogen-bond donors (Lipinski definition) is 1. The topological polar surface area (TPSA) is 68.3 Å². The van der Waals surface area contributed by atoms with E-state index < -0.39 is 24.7 Å². The van der Waals surface area contributed by atoms with Crippen molar-refractivity contribution >= 4 is 15.9 Å². The van der Waals surface area contributed by atoms with Gasteiger partial charge in [-0.15, -0.1) is 0 Å². The smallest absolute Gasteiger partial charge is 0.292 e. The number of ether oxygens (including phenoxy) is 2. The summed E-state index contributed by atoms with van der Waals surface area (Å²) in [6.07, 6.45) is -0.0284. The Balaban J connectivity index is 2.36. The molecule has 1 aromatic rings. The van der Waals surface area contributed by atoms with Gasteiger partial charge in [-0.05, 0) is 18.2 Å². The Bertz CT molecular complexity index is 548. The van der Waals surface area contributed by atoms with Crippen molar-refractivity contribution in [2.45, 2.75) is 17.9 Å². The SMILES string of the molecule is N#CCOCC(F)(F)[C@@]1(N)CCOc2ccc(Br)cc21. The fourth-order valence-electron chi connectivity index (χ4n) is 2.17. The van der Waals surface area contributed by atoms with Crippen molar-refractivity contribution in [2.24, 2.45) is 5.73 Å². The molecule has 1 aliphatic heterocycles. The third kappa shape index (κ3) is 2.64. The molecular formula is C13H13BrF2N2O2. The van der Waals surface area contributed by atoms with E-state index in [2.05, 4.69) is 20.7 Å². The Kier molecular flexibility index (Phi) is 4.28. The largest absolute Gasteiger partial charge is 0.493 e. The fourth-order valence-corrected chi connectivity index (χ4v) is 2.53. The summed E-state index contributed by atoms with van der Waals surface area (Å²) in [6, 6.07) is 6.50. The van der Waals surface area contributed by atoms with Crippen molar-refractivity contribution in [1.82, 2.24) is 0 Å². The normalized spacial score (nSPS) is 21.8. The first kappa shape index (κ1) is 15.2. The minimum atomic E-state index is -3.30. The number of nitriles is 1. The maximum absolute atomic E-state index is 14.4. The average molecular weight is 347 g/mol. The van der Waals surface area contributed by atoms with Gasteiger partial charge in [-0.25, -0.2) is 8.78 Å². The third-order valence-electron chi connectivity index (χ3n) is 3.28. The summed E-state index contributed by atoms with van der Waals surface area (Å²) in [5, 5.41) is 8.35. The molecule has 0 radical (unpaired) electrons. The van der Waals surface area contributed by atoms with Gasteiger partial charge >= 0.3 is 0 Å². The molecule has 0 saturated carbocycles. The van der Waals surface area contributed by atoms with Crippen LogP contribution in [0.2, 0.25) is 0 Å². The third-order valence-corrected chi connectivity index (χ3v) is 3.77. The summed E-state index contributed by atoms with van der Waals surface area (Å²) in [7, 11) is 0. The Morgan fingerprint density at radius 1 is 1.55 bits per heavy atom. The lowest BCUT2D eigenvalue weighted by molar-refractivity contribution is -0.136. The molecule has 7 heteroatoms. The van der Waals surface area contributed by atoms with Gasteiger partial charge in [0, 0.05) is 16.5 Å². The Morgan fingerprint density at radius 3 is 3.00 bits per heavy atom. The van der Waals surface area contributed by atoms with E-state index in [-0.39, 0.29) is 18.6 Å². The molecule has 1 heterocycles. The molecule has 0 unspecified atom stereocenters. The predicted octanol–water partition coefficient (Wildman–Crippen LogP) is 2.56. The van der Waals surface area contributed by atoms with E-state index in [1.54, 1.807) is 18.2 Å². The number of hydrogen-bond acceptors (Lipinski definition) is 4. The summed E-state index contributed by atoms with van der Waals surface area (Å²) in [6.45, 7) is -1.19. The molecule has 0 spiro atoms. The second kappa shape index (κ2) is 5.64. The standard InChI is InChI=1S/C13H13BrF2N2O2/c14-9-1-2-11-10(7-9)12(18,3-5-20-11)13(15,16)8-19-6-4-17/h1-2,7H,3,5-6,8,18H2/t12-/m1/s1. The van der Waals surface area contributed by atoms with E-state index in [0.29, 0.717) is 10.2 Å². The molecule has 2 N–H and O–H groups in total. The van der Waals surface area contributed by atoms with Crippen molar-refractivity contribution in [3.05, 3.63) is 28.2 Å². The minimum Gasteiger partial charge on any atom is -0.493 e. The van der Waals surface area contributed by atoms with Gasteiger partial charge in [-0.2, -0.15) is 5.26 Å². The molecule has 0 aromatic heterocycles. The summed E-state index contributed by atoms with van der Waals surface area (Å²) in [4.78, 5) is 0. The highest BCUT2D eigenvalue weighted by molar-refractivity contribution is 9.10. The highest BCUT2D eigenvalue weighted by Crippen LogP contribution is 2.45. The van der Waals surface area contributed by atoms with Gasteiger partial charge < -0.3 is 15.2 Å². The lowest BCUT2D eigenvalue weighted by Crippen LogP contribution is -2.57. The lowest BCUT2D eigenvalue weighted by atomic mass is 9.80. The van der Waals surface area contributed by atoms with Crippen LogP contribution in [0.5, 0.6) is 5.75 Å². The molecular weight excluding hydrogens is 334 g/mol. The zero-order valence-electron chi connectivity index (χ0n) is 10.5. The molecule has 1 atom stereocenters. The van der Waals surface area contributed by atoms with Crippen LogP contribution in [-0.2, 0) is 10.3 Å². The van der Waals surface area contributed by atoms with E-state index in [4.69, 9.17) is 15.7 Å². The van der Waals surface area contributed by atoms with E-state index >= 15 is 0 Å². The van der Waals surface area contributed by atoms with Gasteiger partial charge in [0.2, 0.25) is 0 Å². The van der Waals surface area contributed by atoms with Gasteiger partial charge in [0.15, 0.2) is 0 Å². The number of fused-ring (bicyclic) bond motifs is 1. The average Bonchev–Trinajstić information content (AvgIpc) is 2.40. The molecule has 0 bridgehead atoms. The summed E-state index contributed by atoms with van der Waals surface area (Å²) < 4.78 is 39.5. The van der Waals surface area contributed by atoms with Crippen LogP contribution in [0.4, 0.5) is 8.78 Å². The van der Waals surface area contributed by atoms with Crippen LogP contribution in [0.1, 0.15) is 12.0 Å². The minimum absolute atomic E-state index is 0.0284. The van der Waals surface area contributed by atoms with Crippen molar-refractivity contribution in [3.63, 3.8) is 0 Å². The van der Waals surface area contributed by atoms with Crippen LogP contribution >= 0.6 is 15.9 Å². The van der Waals surface area contributed by atoms with E-state index in [1.165, 1.54) is 6.07 Å². The molecule has 4 nitrogen and oxygen atoms in total. The highest BCUT2D eigenvalue weighted by atomic mass is 79.9. The summed E-state index contributed by atoms with van der Waals surface area (Å²) >= 11 is 3.24. The van der Waals surface area contributed by atoms with Crippen LogP contribution in [0.15, 0.2) is 22.7 Å². The monoisotopic (exact) mass is 346 g/mol. The predicted molar refractivity (Wildman–Crippen MR) is 71.5 cm³/mol. The molecule has 2 rings (SSSR count). The van der Waals surface area contributed by atoms with Gasteiger partial charge in [0.25, 0.3) is 5.92 Å². The Hall–Kier alpha value is -1.23. The second-order valence-corrected chi connectivity index (χ2v) is 5.48. The molecule has 1 aromatic carbocycles. The Morgan fingerprint density at radius 2 is 2.30 bits per heavy atom. The van der Waals surface area contributed by atoms with Crippen LogP contribution in [0, 0.1) is 11.3 Å². The molecule has 20 heavy (non-hydrogen) atoms. The molecule has 0 aliphatic carbocycles. The van der Waals surface area contributed by atoms with Crippen LogP contribution in [0.25, 0.3) is 0 Å². The zero-order valence-corrected chi connectivity index (χ0v) is 12.1. The van der Waals surface area contributed by atoms with Crippen LogP contribution < -0.4 is 10.5 Å². The first-order chi connectivity index (χ1) is 9.40. The summed E-state index contributed by atoms with van der Waals surface area (Å²) in [5.41, 5.74) is 4.35. The maximum atomic E-state index is 14.4. The number of rotatable bonds is 4. The van der Waals surface area contributed by atoms with E-state index in [1.807, 2.05) is 0 Å². The molecule has 0 fully saturated rings. The van der Waals surface area contributed by atoms with Gasteiger partial charge in [-0.3, -0.25) is 0 Å². The first-order valence-corrected chi connectivity index (χ1v) is 6.74. The van der Waals surface area contributed by atoms with Crippen LogP contribution in [0.3, 0.4) is 0 Å². The van der Waals surface area contributed by atoms with Gasteiger partial charge in [-0.1, -0.05) is 15.9 Å². The van der Waals surface area contributed by atoms with Gasteiger partial charge in [0.05, 0.1) is 12.7 Å². The van der Waals surface area contributed by atoms with E-state index in [9.17, 15) is 8.78 Å². The van der Waals surface area contributed by atoms with Crippen molar-refractivity contribution in [1.29, 1.82) is 5.26 Å². The zero-order chi connectivity index (χ0) is 14.8. The van der Waals surface area contributed by atoms with Gasteiger partial charge in [0.1, 0.15) is 24.5 Å². The van der Waals surface area contributed by atoms with Crippen molar-refractivity contribution < 1.29 is 18.3 Å². The van der Waals surface area contributed by atoms with Crippen LogP contribution in [-0.4, -0.2) is 25.7 Å². The fraction of sp³-hybridized carbons (Fsp3) is 0.462. The Labute approximate surface area is 123 Å². The first-order valence-electron chi connectivity index (χ1n) is 5.95. The number of benzene rings is 1.